The van der Waals surface area contributed by atoms with Crippen molar-refractivity contribution in [3.63, 3.8) is 0 Å². The normalized spacial score (nSPS) is 9.72. The number of H-pyrrole nitrogens is 1. The monoisotopic (exact) mass is 240 g/mol. The van der Waals surface area contributed by atoms with Crippen LogP contribution in [0.15, 0.2) is 36.8 Å². The molecule has 0 aromatic carbocycles. The zero-order chi connectivity index (χ0) is 12.8. The molecule has 0 fully saturated rings. The zero-order valence-corrected chi connectivity index (χ0v) is 9.68. The van der Waals surface area contributed by atoms with Gasteiger partial charge in [0.2, 0.25) is 0 Å². The van der Waals surface area contributed by atoms with Crippen molar-refractivity contribution in [3.05, 3.63) is 53.6 Å². The van der Waals surface area contributed by atoms with E-state index in [4.69, 9.17) is 5.26 Å². The molecule has 0 saturated carbocycles. The standard InChI is InChI=1S/C13H12N4O/c14-8-10-3-6-15-9-12(10)13(18)17-7-4-11-2-1-5-16-11/h1-3,5-6,9,16H,4,7H2,(H,17,18). The highest BCUT2D eigenvalue weighted by Crippen LogP contribution is 2.04. The van der Waals surface area contributed by atoms with Crippen LogP contribution in [-0.2, 0) is 6.42 Å². The second-order valence-electron chi connectivity index (χ2n) is 3.73. The van der Waals surface area contributed by atoms with Gasteiger partial charge in [0.05, 0.1) is 11.1 Å². The van der Waals surface area contributed by atoms with Gasteiger partial charge in [0, 0.05) is 37.3 Å². The van der Waals surface area contributed by atoms with E-state index in [0.29, 0.717) is 17.7 Å². The number of aromatic amines is 1. The minimum atomic E-state index is -0.272. The van der Waals surface area contributed by atoms with Crippen LogP contribution in [0.25, 0.3) is 0 Å². The van der Waals surface area contributed by atoms with Crippen molar-refractivity contribution in [1.29, 1.82) is 5.26 Å². The molecule has 0 spiro atoms. The first-order valence-electron chi connectivity index (χ1n) is 5.56. The van der Waals surface area contributed by atoms with Gasteiger partial charge in [0.15, 0.2) is 0 Å². The van der Waals surface area contributed by atoms with Gasteiger partial charge in [-0.1, -0.05) is 0 Å². The van der Waals surface area contributed by atoms with Crippen LogP contribution in [0.2, 0.25) is 0 Å². The molecule has 18 heavy (non-hydrogen) atoms. The lowest BCUT2D eigenvalue weighted by Crippen LogP contribution is -2.26. The van der Waals surface area contributed by atoms with E-state index in [1.807, 2.05) is 24.4 Å². The average molecular weight is 240 g/mol. The third kappa shape index (κ3) is 2.74. The van der Waals surface area contributed by atoms with Gasteiger partial charge in [-0.25, -0.2) is 0 Å². The Labute approximate surface area is 104 Å². The molecule has 5 nitrogen and oxygen atoms in total. The lowest BCUT2D eigenvalue weighted by molar-refractivity contribution is 0.0953. The number of carbonyl (C=O) groups is 1. The zero-order valence-electron chi connectivity index (χ0n) is 9.68. The quantitative estimate of drug-likeness (QED) is 0.843. The second-order valence-corrected chi connectivity index (χ2v) is 3.73. The molecule has 2 N–H and O–H groups in total. The molecule has 2 aromatic rings. The third-order valence-electron chi connectivity index (χ3n) is 2.53. The summed E-state index contributed by atoms with van der Waals surface area (Å²) in [4.78, 5) is 18.8. The van der Waals surface area contributed by atoms with Crippen LogP contribution >= 0.6 is 0 Å². The fourth-order valence-corrected chi connectivity index (χ4v) is 1.60. The van der Waals surface area contributed by atoms with E-state index < -0.39 is 0 Å². The lowest BCUT2D eigenvalue weighted by Gasteiger charge is -2.05. The third-order valence-corrected chi connectivity index (χ3v) is 2.53. The van der Waals surface area contributed by atoms with E-state index >= 15 is 0 Å². The van der Waals surface area contributed by atoms with Gasteiger partial charge >= 0.3 is 0 Å². The molecule has 2 rings (SSSR count). The van der Waals surface area contributed by atoms with E-state index in [0.717, 1.165) is 12.1 Å². The summed E-state index contributed by atoms with van der Waals surface area (Å²) in [6.45, 7) is 0.513. The Morgan fingerprint density at radius 3 is 3.11 bits per heavy atom. The molecule has 0 unspecified atom stereocenters. The highest BCUT2D eigenvalue weighted by molar-refractivity contribution is 5.96. The van der Waals surface area contributed by atoms with Crippen molar-refractivity contribution in [1.82, 2.24) is 15.3 Å². The van der Waals surface area contributed by atoms with Crippen LogP contribution in [0.1, 0.15) is 21.6 Å². The molecular formula is C13H12N4O. The highest BCUT2D eigenvalue weighted by Gasteiger charge is 2.10. The molecule has 0 atom stereocenters. The molecule has 0 aliphatic carbocycles. The molecule has 2 aromatic heterocycles. The average Bonchev–Trinajstić information content (AvgIpc) is 2.91. The Morgan fingerprint density at radius 1 is 1.50 bits per heavy atom. The first-order valence-corrected chi connectivity index (χ1v) is 5.56. The Hall–Kier alpha value is -2.61. The molecule has 0 saturated heterocycles. The van der Waals surface area contributed by atoms with Gasteiger partial charge in [-0.3, -0.25) is 9.78 Å². The number of aromatic nitrogens is 2. The summed E-state index contributed by atoms with van der Waals surface area (Å²) >= 11 is 0. The van der Waals surface area contributed by atoms with Gasteiger partial charge in [-0.05, 0) is 18.2 Å². The predicted molar refractivity (Wildman–Crippen MR) is 65.8 cm³/mol. The number of nitrogens with zero attached hydrogens (tertiary/aromatic N) is 2. The van der Waals surface area contributed by atoms with E-state index in [9.17, 15) is 4.79 Å². The number of carbonyl (C=O) groups excluding carboxylic acids is 1. The Morgan fingerprint density at radius 2 is 2.39 bits per heavy atom. The Kier molecular flexibility index (Phi) is 3.72. The van der Waals surface area contributed by atoms with Crippen molar-refractivity contribution >= 4 is 5.91 Å². The smallest absolute Gasteiger partial charge is 0.254 e. The molecule has 0 radical (unpaired) electrons. The minimum Gasteiger partial charge on any atom is -0.365 e. The molecule has 0 aliphatic heterocycles. The van der Waals surface area contributed by atoms with E-state index in [1.165, 1.54) is 18.5 Å². The second kappa shape index (κ2) is 5.64. The Balaban J connectivity index is 1.94. The van der Waals surface area contributed by atoms with Gasteiger partial charge in [-0.15, -0.1) is 0 Å². The largest absolute Gasteiger partial charge is 0.365 e. The number of pyridine rings is 1. The molecule has 1 amide bonds. The first kappa shape index (κ1) is 11.9. The number of rotatable bonds is 4. The molecule has 0 aliphatic rings. The SMILES string of the molecule is N#Cc1ccncc1C(=O)NCCc1ccc[nH]1. The summed E-state index contributed by atoms with van der Waals surface area (Å²) in [7, 11) is 0. The summed E-state index contributed by atoms with van der Waals surface area (Å²) in [6.07, 6.45) is 5.46. The van der Waals surface area contributed by atoms with Gasteiger partial charge in [0.1, 0.15) is 6.07 Å². The van der Waals surface area contributed by atoms with Gasteiger partial charge < -0.3 is 10.3 Å². The summed E-state index contributed by atoms with van der Waals surface area (Å²) in [6, 6.07) is 7.37. The number of nitriles is 1. The summed E-state index contributed by atoms with van der Waals surface area (Å²) in [5, 5.41) is 11.6. The van der Waals surface area contributed by atoms with Crippen LogP contribution in [0.3, 0.4) is 0 Å². The molecule has 0 bridgehead atoms. The fraction of sp³-hybridized carbons (Fsp3) is 0.154. The van der Waals surface area contributed by atoms with Crippen molar-refractivity contribution in [2.24, 2.45) is 0 Å². The van der Waals surface area contributed by atoms with E-state index in [2.05, 4.69) is 15.3 Å². The minimum absolute atomic E-state index is 0.272. The van der Waals surface area contributed by atoms with E-state index in [1.54, 1.807) is 0 Å². The van der Waals surface area contributed by atoms with Gasteiger partial charge in [0.25, 0.3) is 5.91 Å². The predicted octanol–water partition coefficient (Wildman–Crippen LogP) is 1.25. The van der Waals surface area contributed by atoms with Crippen LogP contribution in [-0.4, -0.2) is 22.4 Å². The lowest BCUT2D eigenvalue weighted by atomic mass is 10.1. The van der Waals surface area contributed by atoms with E-state index in [-0.39, 0.29) is 5.91 Å². The number of amides is 1. The molecule has 2 heterocycles. The van der Waals surface area contributed by atoms with Crippen LogP contribution in [0.4, 0.5) is 0 Å². The number of hydrogen-bond donors (Lipinski definition) is 2. The van der Waals surface area contributed by atoms with Gasteiger partial charge in [-0.2, -0.15) is 5.26 Å². The molecule has 5 heteroatoms. The maximum Gasteiger partial charge on any atom is 0.254 e. The van der Waals surface area contributed by atoms with Crippen LogP contribution in [0.5, 0.6) is 0 Å². The number of hydrogen-bond acceptors (Lipinski definition) is 3. The van der Waals surface area contributed by atoms with Crippen molar-refractivity contribution in [2.45, 2.75) is 6.42 Å². The van der Waals surface area contributed by atoms with Crippen molar-refractivity contribution < 1.29 is 4.79 Å². The summed E-state index contributed by atoms with van der Waals surface area (Å²) in [5.74, 6) is -0.272. The van der Waals surface area contributed by atoms with Crippen LogP contribution < -0.4 is 5.32 Å². The maximum atomic E-state index is 11.8. The fourth-order valence-electron chi connectivity index (χ4n) is 1.60. The highest BCUT2D eigenvalue weighted by atomic mass is 16.1. The molecular weight excluding hydrogens is 228 g/mol. The number of nitrogens with one attached hydrogen (secondary N) is 2. The topological polar surface area (TPSA) is 81.6 Å². The summed E-state index contributed by atoms with van der Waals surface area (Å²) in [5.41, 5.74) is 1.70. The Bertz CT molecular complexity index is 569. The molecule has 90 valence electrons. The van der Waals surface area contributed by atoms with Crippen molar-refractivity contribution in [2.75, 3.05) is 6.54 Å². The maximum absolute atomic E-state index is 11.8. The summed E-state index contributed by atoms with van der Waals surface area (Å²) < 4.78 is 0. The van der Waals surface area contributed by atoms with Crippen molar-refractivity contribution in [3.8, 4) is 6.07 Å². The van der Waals surface area contributed by atoms with Crippen LogP contribution in [0, 0.1) is 11.3 Å². The first-order chi connectivity index (χ1) is 8.81.